The lowest BCUT2D eigenvalue weighted by atomic mass is 9.63. The number of Topliss-reactive ketones (excluding diaryl/α,β-unsaturated/α-hetero) is 1. The molecule has 2 aromatic rings. The summed E-state index contributed by atoms with van der Waals surface area (Å²) in [5.41, 5.74) is 3.40. The second kappa shape index (κ2) is 10.8. The van der Waals surface area contributed by atoms with Gasteiger partial charge in [0.1, 0.15) is 11.7 Å². The Morgan fingerprint density at radius 2 is 1.83 bits per heavy atom. The van der Waals surface area contributed by atoms with Crippen molar-refractivity contribution < 1.29 is 28.6 Å². The van der Waals surface area contributed by atoms with Crippen LogP contribution in [-0.2, 0) is 23.9 Å². The smallest absolute Gasteiger partial charge is 0.336 e. The van der Waals surface area contributed by atoms with Gasteiger partial charge in [-0.3, -0.25) is 14.6 Å². The standard InChI is InChI=1S/C28H31NO6S/c1-6-34-27(31)21-16(4)29-20-14-19(17-9-8-10-18(13-17)33-5)22(28(32)35-7-2)25(30)23(20)24(21)26-15(3)11-12-36-26/h8-13,19,22-24H,6-7,14H2,1-5H3/t19-,22+,23?,24-/m1/s1. The minimum Gasteiger partial charge on any atom is -0.497 e. The summed E-state index contributed by atoms with van der Waals surface area (Å²) in [5, 5.41) is 1.95. The van der Waals surface area contributed by atoms with E-state index in [1.807, 2.05) is 42.6 Å². The molecule has 36 heavy (non-hydrogen) atoms. The maximum atomic E-state index is 14.3. The summed E-state index contributed by atoms with van der Waals surface area (Å²) in [7, 11) is 1.58. The van der Waals surface area contributed by atoms with Gasteiger partial charge in [0.2, 0.25) is 0 Å². The lowest BCUT2D eigenvalue weighted by Crippen LogP contribution is -2.48. The first-order chi connectivity index (χ1) is 17.3. The van der Waals surface area contributed by atoms with Gasteiger partial charge in [0, 0.05) is 28.1 Å². The van der Waals surface area contributed by atoms with E-state index in [0.717, 1.165) is 16.0 Å². The number of benzene rings is 1. The SMILES string of the molecule is CCOC(=O)C1=C(C)N=C2C[C@H](c3cccc(OC)c3)[C@H](C(=O)OCC)C(=O)C2[C@@H]1c1sccc1C. The lowest BCUT2D eigenvalue weighted by molar-refractivity contribution is -0.153. The Labute approximate surface area is 215 Å². The molecule has 0 bridgehead atoms. The van der Waals surface area contributed by atoms with Crippen molar-refractivity contribution in [1.29, 1.82) is 0 Å². The molecule has 1 aliphatic carbocycles. The first-order valence-electron chi connectivity index (χ1n) is 12.2. The fourth-order valence-corrected chi connectivity index (χ4v) is 6.40. The number of ether oxygens (including phenoxy) is 3. The third kappa shape index (κ3) is 4.62. The van der Waals surface area contributed by atoms with Crippen LogP contribution in [0.5, 0.6) is 5.75 Å². The molecule has 2 heterocycles. The van der Waals surface area contributed by atoms with E-state index >= 15 is 0 Å². The van der Waals surface area contributed by atoms with Crippen LogP contribution in [0.25, 0.3) is 0 Å². The number of allylic oxidation sites excluding steroid dienone is 1. The predicted octanol–water partition coefficient (Wildman–Crippen LogP) is 4.99. The van der Waals surface area contributed by atoms with Crippen molar-refractivity contribution >= 4 is 34.8 Å². The quantitative estimate of drug-likeness (QED) is 0.386. The molecule has 0 amide bonds. The van der Waals surface area contributed by atoms with Crippen LogP contribution in [0.3, 0.4) is 0 Å². The molecule has 1 unspecified atom stereocenters. The number of thiophene rings is 1. The van der Waals surface area contributed by atoms with Gasteiger partial charge in [-0.1, -0.05) is 12.1 Å². The Balaban J connectivity index is 1.89. The molecule has 1 fully saturated rings. The zero-order valence-electron chi connectivity index (χ0n) is 21.2. The fourth-order valence-electron chi connectivity index (χ4n) is 5.33. The first-order valence-corrected chi connectivity index (χ1v) is 13.0. The third-order valence-corrected chi connectivity index (χ3v) is 7.99. The van der Waals surface area contributed by atoms with Crippen molar-refractivity contribution in [3.05, 3.63) is 63.0 Å². The van der Waals surface area contributed by atoms with Gasteiger partial charge in [-0.05, 0) is 68.8 Å². The zero-order chi connectivity index (χ0) is 26.0. The van der Waals surface area contributed by atoms with E-state index in [1.165, 1.54) is 11.3 Å². The van der Waals surface area contributed by atoms with Gasteiger partial charge < -0.3 is 14.2 Å². The predicted molar refractivity (Wildman–Crippen MR) is 138 cm³/mol. The monoisotopic (exact) mass is 509 g/mol. The van der Waals surface area contributed by atoms with E-state index in [2.05, 4.69) is 0 Å². The summed E-state index contributed by atoms with van der Waals surface area (Å²) in [4.78, 5) is 46.3. The molecule has 4 rings (SSSR count). The maximum Gasteiger partial charge on any atom is 0.336 e. The number of esters is 2. The first kappa shape index (κ1) is 25.8. The molecule has 0 N–H and O–H groups in total. The number of rotatable bonds is 7. The Morgan fingerprint density at radius 3 is 2.47 bits per heavy atom. The Hall–Kier alpha value is -3.26. The number of methoxy groups -OCH3 is 1. The minimum atomic E-state index is -1.02. The number of aliphatic imine (C=N–C) groups is 1. The van der Waals surface area contributed by atoms with Crippen molar-refractivity contribution in [3.8, 4) is 5.75 Å². The van der Waals surface area contributed by atoms with Gasteiger partial charge in [-0.25, -0.2) is 4.79 Å². The summed E-state index contributed by atoms with van der Waals surface area (Å²) in [6, 6.07) is 9.38. The summed E-state index contributed by atoms with van der Waals surface area (Å²) in [6.07, 6.45) is 0.390. The summed E-state index contributed by atoms with van der Waals surface area (Å²) in [5.74, 6) is -3.46. The number of carbonyl (C=O) groups is 3. The largest absolute Gasteiger partial charge is 0.497 e. The van der Waals surface area contributed by atoms with Crippen LogP contribution in [0, 0.1) is 18.8 Å². The van der Waals surface area contributed by atoms with Crippen molar-refractivity contribution in [2.75, 3.05) is 20.3 Å². The average molecular weight is 510 g/mol. The molecule has 8 heteroatoms. The number of nitrogens with zero attached hydrogens (tertiary/aromatic N) is 1. The normalized spacial score (nSPS) is 23.6. The van der Waals surface area contributed by atoms with Crippen LogP contribution >= 0.6 is 11.3 Å². The third-order valence-electron chi connectivity index (χ3n) is 6.89. The highest BCUT2D eigenvalue weighted by Crippen LogP contribution is 2.50. The minimum absolute atomic E-state index is 0.166. The lowest BCUT2D eigenvalue weighted by Gasteiger charge is -2.41. The van der Waals surface area contributed by atoms with Crippen LogP contribution < -0.4 is 4.74 Å². The van der Waals surface area contributed by atoms with Crippen LogP contribution in [0.1, 0.15) is 55.0 Å². The van der Waals surface area contributed by atoms with E-state index in [4.69, 9.17) is 19.2 Å². The van der Waals surface area contributed by atoms with Gasteiger partial charge in [0.05, 0.1) is 31.8 Å². The molecule has 0 saturated heterocycles. The molecular formula is C28H31NO6S. The van der Waals surface area contributed by atoms with E-state index in [-0.39, 0.29) is 19.0 Å². The van der Waals surface area contributed by atoms with Gasteiger partial charge in [-0.2, -0.15) is 0 Å². The molecule has 190 valence electrons. The molecule has 4 atom stereocenters. The highest BCUT2D eigenvalue weighted by Gasteiger charge is 2.53. The van der Waals surface area contributed by atoms with Crippen molar-refractivity contribution in [2.24, 2.45) is 16.8 Å². The van der Waals surface area contributed by atoms with E-state index in [1.54, 1.807) is 27.9 Å². The van der Waals surface area contributed by atoms with Crippen LogP contribution in [0.2, 0.25) is 0 Å². The van der Waals surface area contributed by atoms with E-state index in [0.29, 0.717) is 29.2 Å². The van der Waals surface area contributed by atoms with Crippen molar-refractivity contribution in [2.45, 2.75) is 46.0 Å². The van der Waals surface area contributed by atoms with E-state index in [9.17, 15) is 14.4 Å². The van der Waals surface area contributed by atoms with Crippen LogP contribution in [-0.4, -0.2) is 43.8 Å². The van der Waals surface area contributed by atoms with Crippen molar-refractivity contribution in [1.82, 2.24) is 0 Å². The molecule has 1 saturated carbocycles. The zero-order valence-corrected chi connectivity index (χ0v) is 22.0. The number of hydrogen-bond donors (Lipinski definition) is 0. The van der Waals surface area contributed by atoms with Crippen molar-refractivity contribution in [3.63, 3.8) is 0 Å². The summed E-state index contributed by atoms with van der Waals surface area (Å²) < 4.78 is 16.2. The van der Waals surface area contributed by atoms with Gasteiger partial charge >= 0.3 is 11.9 Å². The van der Waals surface area contributed by atoms with Crippen LogP contribution in [0.4, 0.5) is 0 Å². The Morgan fingerprint density at radius 1 is 1.08 bits per heavy atom. The second-order valence-corrected chi connectivity index (χ2v) is 9.91. The highest BCUT2D eigenvalue weighted by atomic mass is 32.1. The molecule has 1 aromatic heterocycles. The summed E-state index contributed by atoms with van der Waals surface area (Å²) >= 11 is 1.50. The second-order valence-electron chi connectivity index (χ2n) is 8.97. The van der Waals surface area contributed by atoms with Gasteiger partial charge in [0.25, 0.3) is 0 Å². The number of carbonyl (C=O) groups excluding carboxylic acids is 3. The Bertz CT molecular complexity index is 1240. The topological polar surface area (TPSA) is 91.3 Å². The maximum absolute atomic E-state index is 14.3. The molecule has 2 aliphatic rings. The summed E-state index contributed by atoms with van der Waals surface area (Å²) in [6.45, 7) is 7.60. The van der Waals surface area contributed by atoms with Gasteiger partial charge in [0.15, 0.2) is 5.78 Å². The number of fused-ring (bicyclic) bond motifs is 1. The van der Waals surface area contributed by atoms with E-state index < -0.39 is 35.6 Å². The Kier molecular flexibility index (Phi) is 7.73. The average Bonchev–Trinajstić information content (AvgIpc) is 3.28. The number of hydrogen-bond acceptors (Lipinski definition) is 8. The van der Waals surface area contributed by atoms with Crippen LogP contribution in [0.15, 0.2) is 52.0 Å². The number of ketones is 1. The molecule has 0 radical (unpaired) electrons. The number of aryl methyl sites for hydroxylation is 1. The fraction of sp³-hybridized carbons (Fsp3) is 0.429. The molecular weight excluding hydrogens is 478 g/mol. The molecule has 7 nitrogen and oxygen atoms in total. The highest BCUT2D eigenvalue weighted by molar-refractivity contribution is 7.10. The molecule has 1 aromatic carbocycles. The van der Waals surface area contributed by atoms with Gasteiger partial charge in [-0.15, -0.1) is 11.3 Å². The molecule has 0 spiro atoms. The molecule has 1 aliphatic heterocycles.